The molecular formula is C19H24N2O4. The molecule has 0 saturated heterocycles. The number of esters is 1. The van der Waals surface area contributed by atoms with Crippen LogP contribution in [0.5, 0.6) is 5.75 Å². The van der Waals surface area contributed by atoms with Crippen molar-refractivity contribution in [3.63, 3.8) is 0 Å². The van der Waals surface area contributed by atoms with Crippen molar-refractivity contribution in [1.29, 1.82) is 0 Å². The van der Waals surface area contributed by atoms with E-state index in [9.17, 15) is 9.59 Å². The summed E-state index contributed by atoms with van der Waals surface area (Å²) in [7, 11) is 1.55. The van der Waals surface area contributed by atoms with Crippen molar-refractivity contribution in [2.24, 2.45) is 0 Å². The van der Waals surface area contributed by atoms with Crippen LogP contribution < -0.4 is 10.1 Å². The maximum atomic E-state index is 12.3. The van der Waals surface area contributed by atoms with E-state index in [4.69, 9.17) is 9.47 Å². The molecule has 0 aliphatic heterocycles. The highest BCUT2D eigenvalue weighted by Gasteiger charge is 2.19. The predicted molar refractivity (Wildman–Crippen MR) is 96.2 cm³/mol. The number of ether oxygens (including phenoxy) is 2. The molecule has 1 aromatic heterocycles. The molecule has 0 spiro atoms. The van der Waals surface area contributed by atoms with E-state index in [0.29, 0.717) is 17.0 Å². The van der Waals surface area contributed by atoms with Crippen LogP contribution in [0.25, 0.3) is 0 Å². The van der Waals surface area contributed by atoms with Gasteiger partial charge in [0.25, 0.3) is 5.91 Å². The SMILES string of the molecule is COc1cccc(NC(=O)COC(=O)c2cc(C)n(C(C)C)c2C)c1. The van der Waals surface area contributed by atoms with Crippen LogP contribution in [-0.4, -0.2) is 30.2 Å². The molecule has 1 N–H and O–H groups in total. The second kappa shape index (κ2) is 7.88. The van der Waals surface area contributed by atoms with Gasteiger partial charge in [0.05, 0.1) is 12.7 Å². The van der Waals surface area contributed by atoms with E-state index < -0.39 is 11.9 Å². The summed E-state index contributed by atoms with van der Waals surface area (Å²) in [6.07, 6.45) is 0. The largest absolute Gasteiger partial charge is 0.497 e. The number of amides is 1. The maximum Gasteiger partial charge on any atom is 0.340 e. The van der Waals surface area contributed by atoms with Gasteiger partial charge in [-0.15, -0.1) is 0 Å². The standard InChI is InChI=1S/C19H24N2O4/c1-12(2)21-13(3)9-17(14(21)4)19(23)25-11-18(22)20-15-7-6-8-16(10-15)24-5/h6-10,12H,11H2,1-5H3,(H,20,22). The summed E-state index contributed by atoms with van der Waals surface area (Å²) in [5, 5.41) is 2.67. The summed E-state index contributed by atoms with van der Waals surface area (Å²) in [6.45, 7) is 7.58. The molecule has 0 aliphatic rings. The monoisotopic (exact) mass is 344 g/mol. The smallest absolute Gasteiger partial charge is 0.340 e. The molecule has 25 heavy (non-hydrogen) atoms. The number of nitrogens with zero attached hydrogens (tertiary/aromatic N) is 1. The lowest BCUT2D eigenvalue weighted by atomic mass is 10.2. The van der Waals surface area contributed by atoms with Crippen molar-refractivity contribution in [1.82, 2.24) is 4.57 Å². The van der Waals surface area contributed by atoms with E-state index in [-0.39, 0.29) is 12.6 Å². The van der Waals surface area contributed by atoms with Crippen molar-refractivity contribution in [3.05, 3.63) is 47.3 Å². The first-order valence-corrected chi connectivity index (χ1v) is 8.13. The molecule has 134 valence electrons. The molecule has 2 rings (SSSR count). The predicted octanol–water partition coefficient (Wildman–Crippen LogP) is 3.49. The molecule has 6 nitrogen and oxygen atoms in total. The first-order valence-electron chi connectivity index (χ1n) is 8.13. The zero-order chi connectivity index (χ0) is 18.6. The number of carbonyl (C=O) groups is 2. The number of hydrogen-bond acceptors (Lipinski definition) is 4. The molecule has 2 aromatic rings. The molecule has 0 saturated carbocycles. The number of aromatic nitrogens is 1. The van der Waals surface area contributed by atoms with Crippen molar-refractivity contribution in [2.75, 3.05) is 19.0 Å². The second-order valence-electron chi connectivity index (χ2n) is 6.10. The second-order valence-corrected chi connectivity index (χ2v) is 6.10. The summed E-state index contributed by atoms with van der Waals surface area (Å²) < 4.78 is 12.3. The van der Waals surface area contributed by atoms with Gasteiger partial charge in [-0.3, -0.25) is 4.79 Å². The van der Waals surface area contributed by atoms with E-state index in [1.165, 1.54) is 0 Å². The Kier molecular flexibility index (Phi) is 5.85. The molecule has 1 amide bonds. The van der Waals surface area contributed by atoms with Gasteiger partial charge in [0.2, 0.25) is 0 Å². The molecule has 0 fully saturated rings. The third kappa shape index (κ3) is 4.41. The number of rotatable bonds is 6. The normalized spacial score (nSPS) is 10.6. The highest BCUT2D eigenvalue weighted by molar-refractivity contribution is 5.96. The Morgan fingerprint density at radius 3 is 2.52 bits per heavy atom. The fourth-order valence-electron chi connectivity index (χ4n) is 2.89. The minimum Gasteiger partial charge on any atom is -0.497 e. The molecule has 0 radical (unpaired) electrons. The van der Waals surface area contributed by atoms with Crippen LogP contribution in [-0.2, 0) is 9.53 Å². The molecule has 1 heterocycles. The van der Waals surface area contributed by atoms with Crippen molar-refractivity contribution in [3.8, 4) is 5.75 Å². The van der Waals surface area contributed by atoms with Crippen molar-refractivity contribution < 1.29 is 19.1 Å². The minimum absolute atomic E-state index is 0.248. The Morgan fingerprint density at radius 1 is 1.20 bits per heavy atom. The molecule has 0 atom stereocenters. The topological polar surface area (TPSA) is 69.6 Å². The fraction of sp³-hybridized carbons (Fsp3) is 0.368. The number of methoxy groups -OCH3 is 1. The summed E-state index contributed by atoms with van der Waals surface area (Å²) in [5.41, 5.74) is 2.89. The first-order chi connectivity index (χ1) is 11.8. The number of benzene rings is 1. The average Bonchev–Trinajstić information content (AvgIpc) is 2.87. The lowest BCUT2D eigenvalue weighted by molar-refractivity contribution is -0.119. The average molecular weight is 344 g/mol. The zero-order valence-electron chi connectivity index (χ0n) is 15.3. The lowest BCUT2D eigenvalue weighted by Gasteiger charge is -2.13. The van der Waals surface area contributed by atoms with Crippen LogP contribution in [0.3, 0.4) is 0 Å². The van der Waals surface area contributed by atoms with Gasteiger partial charge in [0.1, 0.15) is 5.75 Å². The van der Waals surface area contributed by atoms with E-state index in [1.807, 2.05) is 13.8 Å². The van der Waals surface area contributed by atoms with Crippen LogP contribution in [0.4, 0.5) is 5.69 Å². The van der Waals surface area contributed by atoms with Crippen LogP contribution in [0.2, 0.25) is 0 Å². The summed E-state index contributed by atoms with van der Waals surface area (Å²) in [5.74, 6) is -0.268. The maximum absolute atomic E-state index is 12.3. The van der Waals surface area contributed by atoms with Crippen LogP contribution in [0.1, 0.15) is 41.6 Å². The van der Waals surface area contributed by atoms with E-state index in [1.54, 1.807) is 37.4 Å². The molecule has 0 aliphatic carbocycles. The number of aryl methyl sites for hydroxylation is 1. The highest BCUT2D eigenvalue weighted by atomic mass is 16.5. The number of hydrogen-bond donors (Lipinski definition) is 1. The molecule has 6 heteroatoms. The van der Waals surface area contributed by atoms with Gasteiger partial charge in [0.15, 0.2) is 6.61 Å². The van der Waals surface area contributed by atoms with Gasteiger partial charge >= 0.3 is 5.97 Å². The van der Waals surface area contributed by atoms with Gasteiger partial charge in [-0.25, -0.2) is 4.79 Å². The molecule has 0 bridgehead atoms. The summed E-state index contributed by atoms with van der Waals surface area (Å²) in [4.78, 5) is 24.3. The summed E-state index contributed by atoms with van der Waals surface area (Å²) in [6, 6.07) is 9.01. The van der Waals surface area contributed by atoms with Crippen LogP contribution >= 0.6 is 0 Å². The number of carbonyl (C=O) groups excluding carboxylic acids is 2. The fourth-order valence-corrected chi connectivity index (χ4v) is 2.89. The van der Waals surface area contributed by atoms with E-state index in [0.717, 1.165) is 11.4 Å². The minimum atomic E-state index is -0.499. The highest BCUT2D eigenvalue weighted by Crippen LogP contribution is 2.21. The third-order valence-corrected chi connectivity index (χ3v) is 3.91. The van der Waals surface area contributed by atoms with Crippen LogP contribution in [0.15, 0.2) is 30.3 Å². The van der Waals surface area contributed by atoms with Gasteiger partial charge in [-0.1, -0.05) is 6.07 Å². The quantitative estimate of drug-likeness (QED) is 0.815. The Labute approximate surface area is 147 Å². The first kappa shape index (κ1) is 18.6. The Hall–Kier alpha value is -2.76. The molecular weight excluding hydrogens is 320 g/mol. The Bertz CT molecular complexity index is 778. The van der Waals surface area contributed by atoms with Gasteiger partial charge in [-0.05, 0) is 45.9 Å². The lowest BCUT2D eigenvalue weighted by Crippen LogP contribution is -2.21. The van der Waals surface area contributed by atoms with Crippen molar-refractivity contribution in [2.45, 2.75) is 33.7 Å². The summed E-state index contributed by atoms with van der Waals surface area (Å²) >= 11 is 0. The molecule has 0 unspecified atom stereocenters. The number of anilines is 1. The molecule has 1 aromatic carbocycles. The van der Waals surface area contributed by atoms with E-state index in [2.05, 4.69) is 23.7 Å². The van der Waals surface area contributed by atoms with Crippen molar-refractivity contribution >= 4 is 17.6 Å². The van der Waals surface area contributed by atoms with Crippen LogP contribution in [0, 0.1) is 13.8 Å². The Balaban J connectivity index is 1.98. The van der Waals surface area contributed by atoms with Gasteiger partial charge in [-0.2, -0.15) is 0 Å². The zero-order valence-corrected chi connectivity index (χ0v) is 15.3. The van der Waals surface area contributed by atoms with E-state index >= 15 is 0 Å². The third-order valence-electron chi connectivity index (χ3n) is 3.91. The number of nitrogens with one attached hydrogen (secondary N) is 1. The Morgan fingerprint density at radius 2 is 1.92 bits per heavy atom. The van der Waals surface area contributed by atoms with Gasteiger partial charge < -0.3 is 19.4 Å². The van der Waals surface area contributed by atoms with Gasteiger partial charge in [0, 0.05) is 29.2 Å².